The number of hydrogen-bond donors (Lipinski definition) is 0. The molecule has 35 heavy (non-hydrogen) atoms. The lowest BCUT2D eigenvalue weighted by atomic mass is 9.95. The Morgan fingerprint density at radius 1 is 1.09 bits per heavy atom. The first-order chi connectivity index (χ1) is 16.9. The summed E-state index contributed by atoms with van der Waals surface area (Å²) in [6, 6.07) is 13.3. The summed E-state index contributed by atoms with van der Waals surface area (Å²) in [4.78, 5) is 23.9. The van der Waals surface area contributed by atoms with E-state index in [0.29, 0.717) is 16.6 Å². The second-order valence-corrected chi connectivity index (χ2v) is 9.40. The molecular weight excluding hydrogens is 468 g/mol. The lowest BCUT2D eigenvalue weighted by molar-refractivity contribution is -0.384. The van der Waals surface area contributed by atoms with Crippen molar-refractivity contribution in [1.82, 2.24) is 4.57 Å². The molecule has 3 aromatic carbocycles. The molecule has 0 atom stereocenters. The van der Waals surface area contributed by atoms with Gasteiger partial charge in [0, 0.05) is 39.5 Å². The summed E-state index contributed by atoms with van der Waals surface area (Å²) in [5.74, 6) is 0.415. The van der Waals surface area contributed by atoms with E-state index in [0.717, 1.165) is 58.8 Å². The molecule has 1 aromatic heterocycles. The third-order valence-electron chi connectivity index (χ3n) is 6.79. The van der Waals surface area contributed by atoms with Gasteiger partial charge in [-0.2, -0.15) is 0 Å². The molecule has 7 nitrogen and oxygen atoms in total. The SMILES string of the molecule is COc1c(C)cc(C(=O)Oc2ccc([N+](=O)[O-])cc2)c2c3cc(Cl)ccc3n(C3CCCCC3)c12. The van der Waals surface area contributed by atoms with E-state index >= 15 is 0 Å². The molecule has 0 bridgehead atoms. The third kappa shape index (κ3) is 4.10. The Morgan fingerprint density at radius 2 is 1.80 bits per heavy atom. The zero-order valence-electron chi connectivity index (χ0n) is 19.5. The van der Waals surface area contributed by atoms with E-state index in [1.54, 1.807) is 13.2 Å². The molecule has 5 rings (SSSR count). The van der Waals surface area contributed by atoms with E-state index < -0.39 is 10.9 Å². The highest BCUT2D eigenvalue weighted by Crippen LogP contribution is 2.44. The van der Waals surface area contributed by atoms with Gasteiger partial charge in [-0.15, -0.1) is 0 Å². The van der Waals surface area contributed by atoms with E-state index in [-0.39, 0.29) is 11.4 Å². The molecule has 4 aromatic rings. The van der Waals surface area contributed by atoms with Crippen LogP contribution in [-0.2, 0) is 0 Å². The quantitative estimate of drug-likeness (QED) is 0.125. The van der Waals surface area contributed by atoms with Gasteiger partial charge >= 0.3 is 5.97 Å². The van der Waals surface area contributed by atoms with Gasteiger partial charge in [0.1, 0.15) is 11.5 Å². The van der Waals surface area contributed by atoms with E-state index in [4.69, 9.17) is 21.1 Å². The summed E-state index contributed by atoms with van der Waals surface area (Å²) in [6.07, 6.45) is 5.65. The second kappa shape index (κ2) is 9.23. The van der Waals surface area contributed by atoms with Crippen molar-refractivity contribution in [2.45, 2.75) is 45.1 Å². The standard InChI is InChI=1S/C27H25ClN2O5/c1-16-14-22(27(31)35-20-11-9-19(10-12-20)30(32)33)24-21-15-17(28)8-13-23(21)29(25(24)26(16)34-2)18-6-4-3-5-7-18/h8-15,18H,3-7H2,1-2H3. The minimum absolute atomic E-state index is 0.0716. The smallest absolute Gasteiger partial charge is 0.344 e. The van der Waals surface area contributed by atoms with Crippen LogP contribution in [0.25, 0.3) is 21.8 Å². The molecule has 0 aliphatic heterocycles. The summed E-state index contributed by atoms with van der Waals surface area (Å²) < 4.78 is 13.8. The average molecular weight is 493 g/mol. The van der Waals surface area contributed by atoms with E-state index in [1.165, 1.54) is 30.7 Å². The van der Waals surface area contributed by atoms with Gasteiger partial charge in [0.05, 0.1) is 23.1 Å². The molecule has 1 fully saturated rings. The lowest BCUT2D eigenvalue weighted by Gasteiger charge is -2.26. The van der Waals surface area contributed by atoms with Crippen molar-refractivity contribution in [3.8, 4) is 11.5 Å². The maximum Gasteiger partial charge on any atom is 0.344 e. The molecule has 0 amide bonds. The van der Waals surface area contributed by atoms with Crippen molar-refractivity contribution >= 4 is 45.1 Å². The van der Waals surface area contributed by atoms with Crippen LogP contribution in [0, 0.1) is 17.0 Å². The Bertz CT molecular complexity index is 1450. The van der Waals surface area contributed by atoms with Crippen molar-refractivity contribution < 1.29 is 19.2 Å². The molecule has 8 heteroatoms. The van der Waals surface area contributed by atoms with Gasteiger partial charge in [0.25, 0.3) is 5.69 Å². The molecule has 0 saturated heterocycles. The van der Waals surface area contributed by atoms with Gasteiger partial charge in [-0.05, 0) is 61.7 Å². The molecule has 0 unspecified atom stereocenters. The monoisotopic (exact) mass is 492 g/mol. The highest BCUT2D eigenvalue weighted by atomic mass is 35.5. The first kappa shape index (κ1) is 23.2. The Kier molecular flexibility index (Phi) is 6.11. The molecule has 1 saturated carbocycles. The Morgan fingerprint density at radius 3 is 2.46 bits per heavy atom. The average Bonchev–Trinajstić information content (AvgIpc) is 3.18. The van der Waals surface area contributed by atoms with Gasteiger partial charge in [-0.1, -0.05) is 30.9 Å². The van der Waals surface area contributed by atoms with Crippen molar-refractivity contribution in [2.24, 2.45) is 0 Å². The minimum Gasteiger partial charge on any atom is -0.494 e. The van der Waals surface area contributed by atoms with Crippen molar-refractivity contribution in [2.75, 3.05) is 7.11 Å². The largest absolute Gasteiger partial charge is 0.494 e. The zero-order chi connectivity index (χ0) is 24.7. The van der Waals surface area contributed by atoms with Gasteiger partial charge in [0.15, 0.2) is 0 Å². The Balaban J connectivity index is 1.72. The fourth-order valence-electron chi connectivity index (χ4n) is 5.26. The number of aromatic nitrogens is 1. The second-order valence-electron chi connectivity index (χ2n) is 8.96. The number of nitro benzene ring substituents is 1. The Hall–Kier alpha value is -3.58. The van der Waals surface area contributed by atoms with Crippen molar-refractivity contribution in [3.63, 3.8) is 0 Å². The van der Waals surface area contributed by atoms with E-state index in [9.17, 15) is 14.9 Å². The summed E-state index contributed by atoms with van der Waals surface area (Å²) in [5, 5.41) is 13.1. The molecular formula is C27H25ClN2O5. The molecule has 1 aliphatic rings. The number of halogens is 1. The maximum absolute atomic E-state index is 13.5. The highest BCUT2D eigenvalue weighted by Gasteiger charge is 2.28. The number of methoxy groups -OCH3 is 1. The number of nitrogens with zero attached hydrogens (tertiary/aromatic N) is 2. The first-order valence-electron chi connectivity index (χ1n) is 11.7. The van der Waals surface area contributed by atoms with Gasteiger partial charge in [0.2, 0.25) is 0 Å². The zero-order valence-corrected chi connectivity index (χ0v) is 20.3. The highest BCUT2D eigenvalue weighted by molar-refractivity contribution is 6.32. The lowest BCUT2D eigenvalue weighted by Crippen LogP contribution is -2.14. The fourth-order valence-corrected chi connectivity index (χ4v) is 5.43. The number of hydrogen-bond acceptors (Lipinski definition) is 5. The number of aryl methyl sites for hydroxylation is 1. The first-order valence-corrected chi connectivity index (χ1v) is 12.0. The Labute approximate surface area is 207 Å². The van der Waals surface area contributed by atoms with E-state index in [1.807, 2.05) is 25.1 Å². The van der Waals surface area contributed by atoms with Gasteiger partial charge in [-0.3, -0.25) is 10.1 Å². The van der Waals surface area contributed by atoms with Crippen LogP contribution in [0.4, 0.5) is 5.69 Å². The molecule has 1 aliphatic carbocycles. The predicted molar refractivity (Wildman–Crippen MR) is 136 cm³/mol. The van der Waals surface area contributed by atoms with Crippen molar-refractivity contribution in [1.29, 1.82) is 0 Å². The predicted octanol–water partition coefficient (Wildman–Crippen LogP) is 7.40. The number of carbonyl (C=O) groups excluding carboxylic acids is 1. The number of non-ortho nitro benzene ring substituents is 1. The van der Waals surface area contributed by atoms with Crippen LogP contribution < -0.4 is 9.47 Å². The number of rotatable bonds is 5. The summed E-state index contributed by atoms with van der Waals surface area (Å²) in [6.45, 7) is 1.91. The molecule has 0 N–H and O–H groups in total. The summed E-state index contributed by atoms with van der Waals surface area (Å²) in [5.41, 5.74) is 3.02. The number of fused-ring (bicyclic) bond motifs is 3. The van der Waals surface area contributed by atoms with Crippen LogP contribution in [0.3, 0.4) is 0 Å². The van der Waals surface area contributed by atoms with Crippen LogP contribution >= 0.6 is 11.6 Å². The number of esters is 1. The minimum atomic E-state index is -0.544. The number of ether oxygens (including phenoxy) is 2. The van der Waals surface area contributed by atoms with Crippen LogP contribution in [0.5, 0.6) is 11.5 Å². The molecule has 0 radical (unpaired) electrons. The van der Waals surface area contributed by atoms with Crippen LogP contribution in [-0.4, -0.2) is 22.6 Å². The summed E-state index contributed by atoms with van der Waals surface area (Å²) >= 11 is 6.41. The maximum atomic E-state index is 13.5. The molecule has 180 valence electrons. The van der Waals surface area contributed by atoms with E-state index in [2.05, 4.69) is 4.57 Å². The summed E-state index contributed by atoms with van der Waals surface area (Å²) in [7, 11) is 1.65. The number of carbonyl (C=O) groups is 1. The normalized spacial score (nSPS) is 14.4. The number of nitro groups is 1. The topological polar surface area (TPSA) is 83.6 Å². The van der Waals surface area contributed by atoms with Gasteiger partial charge in [-0.25, -0.2) is 4.79 Å². The number of benzene rings is 3. The van der Waals surface area contributed by atoms with Crippen LogP contribution in [0.15, 0.2) is 48.5 Å². The van der Waals surface area contributed by atoms with Crippen LogP contribution in [0.1, 0.15) is 54.1 Å². The molecule has 1 heterocycles. The van der Waals surface area contributed by atoms with Gasteiger partial charge < -0.3 is 14.0 Å². The molecule has 0 spiro atoms. The third-order valence-corrected chi connectivity index (χ3v) is 7.03. The van der Waals surface area contributed by atoms with Crippen LogP contribution in [0.2, 0.25) is 5.02 Å². The van der Waals surface area contributed by atoms with Crippen molar-refractivity contribution in [3.05, 3.63) is 74.8 Å². The fraction of sp³-hybridized carbons (Fsp3) is 0.296.